The van der Waals surface area contributed by atoms with Crippen LogP contribution in [0.2, 0.25) is 0 Å². The molecular formula is C21H22N2O3. The molecule has 0 aliphatic heterocycles. The van der Waals surface area contributed by atoms with E-state index in [2.05, 4.69) is 10.3 Å². The number of carbonyl (C=O) groups excluding carboxylic acids is 1. The maximum atomic E-state index is 12.2. The molecule has 5 heteroatoms. The average Bonchev–Trinajstić information content (AvgIpc) is 2.61. The molecule has 0 radical (unpaired) electrons. The van der Waals surface area contributed by atoms with Gasteiger partial charge in [-0.3, -0.25) is 9.59 Å². The van der Waals surface area contributed by atoms with Crippen LogP contribution in [0.4, 0.5) is 0 Å². The first-order valence-corrected chi connectivity index (χ1v) is 8.57. The Bertz CT molecular complexity index is 992. The van der Waals surface area contributed by atoms with Gasteiger partial charge in [0, 0.05) is 18.2 Å². The van der Waals surface area contributed by atoms with Crippen molar-refractivity contribution in [1.82, 2.24) is 10.3 Å². The lowest BCUT2D eigenvalue weighted by Gasteiger charge is -2.07. The van der Waals surface area contributed by atoms with Gasteiger partial charge in [-0.25, -0.2) is 0 Å². The lowest BCUT2D eigenvalue weighted by atomic mass is 10.1. The minimum Gasteiger partial charge on any atom is -0.497 e. The minimum absolute atomic E-state index is 0.0439. The number of amides is 1. The summed E-state index contributed by atoms with van der Waals surface area (Å²) in [5, 5.41) is 3.82. The highest BCUT2D eigenvalue weighted by Gasteiger charge is 2.07. The summed E-state index contributed by atoms with van der Waals surface area (Å²) in [6.45, 7) is 2.43. The third kappa shape index (κ3) is 4.30. The van der Waals surface area contributed by atoms with E-state index in [0.29, 0.717) is 30.7 Å². The normalized spacial score (nSPS) is 10.7. The first-order valence-electron chi connectivity index (χ1n) is 8.57. The Morgan fingerprint density at radius 1 is 1.15 bits per heavy atom. The predicted molar refractivity (Wildman–Crippen MR) is 103 cm³/mol. The van der Waals surface area contributed by atoms with Gasteiger partial charge >= 0.3 is 0 Å². The summed E-state index contributed by atoms with van der Waals surface area (Å²) in [7, 11) is 1.59. The van der Waals surface area contributed by atoms with Crippen molar-refractivity contribution in [2.75, 3.05) is 13.7 Å². The molecule has 0 unspecified atom stereocenters. The van der Waals surface area contributed by atoms with Gasteiger partial charge < -0.3 is 15.0 Å². The Balaban J connectivity index is 1.61. The number of aryl methyl sites for hydroxylation is 1. The van der Waals surface area contributed by atoms with Crippen molar-refractivity contribution in [3.8, 4) is 5.75 Å². The third-order valence-corrected chi connectivity index (χ3v) is 4.29. The third-order valence-electron chi connectivity index (χ3n) is 4.29. The highest BCUT2D eigenvalue weighted by atomic mass is 16.5. The fraction of sp³-hybridized carbons (Fsp3) is 0.238. The Hall–Kier alpha value is -3.08. The molecular weight excluding hydrogens is 328 g/mol. The fourth-order valence-corrected chi connectivity index (χ4v) is 2.94. The molecule has 5 nitrogen and oxygen atoms in total. The quantitative estimate of drug-likeness (QED) is 0.718. The number of benzene rings is 2. The maximum absolute atomic E-state index is 12.2. The number of aromatic nitrogens is 1. The van der Waals surface area contributed by atoms with E-state index in [1.54, 1.807) is 13.2 Å². The summed E-state index contributed by atoms with van der Waals surface area (Å²) in [6, 6.07) is 15.3. The van der Waals surface area contributed by atoms with Crippen LogP contribution in [0.15, 0.2) is 53.3 Å². The van der Waals surface area contributed by atoms with Gasteiger partial charge in [0.25, 0.3) is 5.56 Å². The molecule has 1 amide bonds. The number of carbonyl (C=O) groups is 1. The number of aromatic amines is 1. The molecule has 1 heterocycles. The molecule has 1 aromatic heterocycles. The molecule has 3 aromatic rings. The summed E-state index contributed by atoms with van der Waals surface area (Å²) < 4.78 is 5.17. The van der Waals surface area contributed by atoms with Crippen molar-refractivity contribution in [3.63, 3.8) is 0 Å². The average molecular weight is 350 g/mol. The lowest BCUT2D eigenvalue weighted by molar-refractivity contribution is -0.120. The summed E-state index contributed by atoms with van der Waals surface area (Å²) in [6.07, 6.45) is 0.826. The summed E-state index contributed by atoms with van der Waals surface area (Å²) in [5.74, 6) is 0.655. The smallest absolute Gasteiger partial charge is 0.251 e. The first-order chi connectivity index (χ1) is 12.5. The molecule has 2 N–H and O–H groups in total. The van der Waals surface area contributed by atoms with Crippen molar-refractivity contribution in [2.24, 2.45) is 0 Å². The number of methoxy groups -OCH3 is 1. The zero-order valence-electron chi connectivity index (χ0n) is 15.0. The number of rotatable bonds is 6. The topological polar surface area (TPSA) is 71.2 Å². The van der Waals surface area contributed by atoms with Gasteiger partial charge in [-0.1, -0.05) is 29.8 Å². The number of H-pyrrole nitrogens is 1. The number of ether oxygens (including phenoxy) is 1. The largest absolute Gasteiger partial charge is 0.497 e. The van der Waals surface area contributed by atoms with Gasteiger partial charge in [0.15, 0.2) is 0 Å². The Labute approximate surface area is 152 Å². The second kappa shape index (κ2) is 7.87. The van der Waals surface area contributed by atoms with Gasteiger partial charge in [-0.05, 0) is 42.5 Å². The van der Waals surface area contributed by atoms with Crippen LogP contribution in [0.5, 0.6) is 5.75 Å². The second-order valence-electron chi connectivity index (χ2n) is 6.34. The van der Waals surface area contributed by atoms with Crippen molar-refractivity contribution < 1.29 is 9.53 Å². The molecule has 0 spiro atoms. The van der Waals surface area contributed by atoms with Gasteiger partial charge in [0.1, 0.15) is 5.75 Å². The Morgan fingerprint density at radius 3 is 2.77 bits per heavy atom. The van der Waals surface area contributed by atoms with Crippen LogP contribution in [0.25, 0.3) is 10.9 Å². The summed E-state index contributed by atoms with van der Waals surface area (Å²) >= 11 is 0. The standard InChI is InChI=1S/C21H22N2O3/c1-14-4-3-5-15(10-14)11-20(24)22-9-8-17-12-16-6-7-18(26-2)13-19(16)23-21(17)25/h3-7,10,12-13H,8-9,11H2,1-2H3,(H,22,24)(H,23,25). The van der Waals surface area contributed by atoms with Crippen LogP contribution >= 0.6 is 0 Å². The molecule has 134 valence electrons. The predicted octanol–water partition coefficient (Wildman–Crippen LogP) is 2.75. The van der Waals surface area contributed by atoms with E-state index in [1.165, 1.54) is 0 Å². The Morgan fingerprint density at radius 2 is 2.00 bits per heavy atom. The van der Waals surface area contributed by atoms with E-state index in [-0.39, 0.29) is 11.5 Å². The molecule has 3 rings (SSSR count). The molecule has 0 aliphatic rings. The SMILES string of the molecule is COc1ccc2cc(CCNC(=O)Cc3cccc(C)c3)c(=O)[nH]c2c1. The number of fused-ring (bicyclic) bond motifs is 1. The number of hydrogen-bond donors (Lipinski definition) is 2. The monoisotopic (exact) mass is 350 g/mol. The number of hydrogen-bond acceptors (Lipinski definition) is 3. The number of pyridine rings is 1. The molecule has 0 saturated carbocycles. The highest BCUT2D eigenvalue weighted by molar-refractivity contribution is 5.80. The fourth-order valence-electron chi connectivity index (χ4n) is 2.94. The van der Waals surface area contributed by atoms with Crippen LogP contribution in [-0.2, 0) is 17.6 Å². The molecule has 0 bridgehead atoms. The van der Waals surface area contributed by atoms with Gasteiger partial charge in [0.05, 0.1) is 19.0 Å². The lowest BCUT2D eigenvalue weighted by Crippen LogP contribution is -2.28. The van der Waals surface area contributed by atoms with Crippen molar-refractivity contribution in [3.05, 3.63) is 75.6 Å². The highest BCUT2D eigenvalue weighted by Crippen LogP contribution is 2.18. The van der Waals surface area contributed by atoms with E-state index in [0.717, 1.165) is 22.0 Å². The molecule has 0 fully saturated rings. The van der Waals surface area contributed by atoms with Crippen molar-refractivity contribution in [1.29, 1.82) is 0 Å². The Kier molecular flexibility index (Phi) is 5.37. The molecule has 0 aliphatic carbocycles. The van der Waals surface area contributed by atoms with Crippen LogP contribution in [0.1, 0.15) is 16.7 Å². The van der Waals surface area contributed by atoms with Crippen LogP contribution in [0, 0.1) is 6.92 Å². The second-order valence-corrected chi connectivity index (χ2v) is 6.34. The molecule has 2 aromatic carbocycles. The van der Waals surface area contributed by atoms with E-state index < -0.39 is 0 Å². The summed E-state index contributed by atoms with van der Waals surface area (Å²) in [5.41, 5.74) is 3.37. The molecule has 26 heavy (non-hydrogen) atoms. The van der Waals surface area contributed by atoms with E-state index >= 15 is 0 Å². The van der Waals surface area contributed by atoms with Crippen LogP contribution in [0.3, 0.4) is 0 Å². The van der Waals surface area contributed by atoms with Gasteiger partial charge in [0.2, 0.25) is 5.91 Å². The first kappa shape index (κ1) is 17.7. The van der Waals surface area contributed by atoms with E-state index in [9.17, 15) is 9.59 Å². The zero-order chi connectivity index (χ0) is 18.5. The van der Waals surface area contributed by atoms with E-state index in [4.69, 9.17) is 4.74 Å². The number of nitrogens with one attached hydrogen (secondary N) is 2. The molecule has 0 atom stereocenters. The van der Waals surface area contributed by atoms with Gasteiger partial charge in [-0.15, -0.1) is 0 Å². The zero-order valence-corrected chi connectivity index (χ0v) is 15.0. The summed E-state index contributed by atoms with van der Waals surface area (Å²) in [4.78, 5) is 27.2. The minimum atomic E-state index is -0.140. The van der Waals surface area contributed by atoms with Crippen LogP contribution in [-0.4, -0.2) is 24.5 Å². The molecule has 0 saturated heterocycles. The van der Waals surface area contributed by atoms with Crippen LogP contribution < -0.4 is 15.6 Å². The van der Waals surface area contributed by atoms with Gasteiger partial charge in [-0.2, -0.15) is 0 Å². The van der Waals surface area contributed by atoms with Crippen molar-refractivity contribution >= 4 is 16.8 Å². The van der Waals surface area contributed by atoms with E-state index in [1.807, 2.05) is 49.4 Å². The van der Waals surface area contributed by atoms with Crippen molar-refractivity contribution in [2.45, 2.75) is 19.8 Å². The maximum Gasteiger partial charge on any atom is 0.251 e.